The number of benzene rings is 2. The number of aryl methyl sites for hydroxylation is 1. The maximum atomic E-state index is 12.2. The van der Waals surface area contributed by atoms with E-state index in [9.17, 15) is 8.42 Å². The molecule has 20 heavy (non-hydrogen) atoms. The summed E-state index contributed by atoms with van der Waals surface area (Å²) in [6.07, 6.45) is 0. The molecule has 0 unspecified atom stereocenters. The molecule has 0 radical (unpaired) electrons. The zero-order valence-electron chi connectivity index (χ0n) is 10.8. The Hall–Kier alpha value is -1.92. The second kappa shape index (κ2) is 5.60. The topological polar surface area (TPSA) is 72.2 Å². The molecule has 0 aliphatic carbocycles. The van der Waals surface area contributed by atoms with Crippen molar-refractivity contribution in [2.45, 2.75) is 11.8 Å². The lowest BCUT2D eigenvalue weighted by Crippen LogP contribution is -2.13. The van der Waals surface area contributed by atoms with Crippen LogP contribution in [0.2, 0.25) is 0 Å². The van der Waals surface area contributed by atoms with Crippen LogP contribution in [0.25, 0.3) is 0 Å². The lowest BCUT2D eigenvalue weighted by Gasteiger charge is -2.09. The minimum Gasteiger partial charge on any atom is -0.389 e. The van der Waals surface area contributed by atoms with E-state index in [1.54, 1.807) is 42.5 Å². The smallest absolute Gasteiger partial charge is 0.261 e. The highest BCUT2D eigenvalue weighted by molar-refractivity contribution is 7.92. The molecule has 0 bridgehead atoms. The molecule has 0 heterocycles. The van der Waals surface area contributed by atoms with Crippen LogP contribution in [0.1, 0.15) is 11.1 Å². The van der Waals surface area contributed by atoms with Gasteiger partial charge in [0.25, 0.3) is 10.0 Å². The minimum absolute atomic E-state index is 0.232. The van der Waals surface area contributed by atoms with E-state index in [0.717, 1.165) is 5.56 Å². The lowest BCUT2D eigenvalue weighted by molar-refractivity contribution is 0.601. The van der Waals surface area contributed by atoms with E-state index in [-0.39, 0.29) is 9.88 Å². The first-order valence-electron chi connectivity index (χ1n) is 5.88. The average Bonchev–Trinajstić information content (AvgIpc) is 2.39. The van der Waals surface area contributed by atoms with Crippen LogP contribution < -0.4 is 10.5 Å². The largest absolute Gasteiger partial charge is 0.389 e. The summed E-state index contributed by atoms with van der Waals surface area (Å²) in [5.74, 6) is 0. The highest BCUT2D eigenvalue weighted by Crippen LogP contribution is 2.17. The molecule has 3 N–H and O–H groups in total. The fourth-order valence-electron chi connectivity index (χ4n) is 1.70. The number of hydrogen-bond acceptors (Lipinski definition) is 3. The van der Waals surface area contributed by atoms with Crippen molar-refractivity contribution < 1.29 is 8.42 Å². The molecule has 0 fully saturated rings. The summed E-state index contributed by atoms with van der Waals surface area (Å²) in [7, 11) is -3.58. The zero-order valence-corrected chi connectivity index (χ0v) is 12.5. The van der Waals surface area contributed by atoms with Gasteiger partial charge in [0.1, 0.15) is 4.99 Å². The average molecular weight is 306 g/mol. The molecule has 0 aliphatic rings. The number of thiocarbonyl (C=S) groups is 1. The van der Waals surface area contributed by atoms with Gasteiger partial charge in [-0.25, -0.2) is 8.42 Å². The van der Waals surface area contributed by atoms with Crippen LogP contribution in [-0.4, -0.2) is 13.4 Å². The number of hydrogen-bond donors (Lipinski definition) is 2. The Morgan fingerprint density at radius 3 is 2.35 bits per heavy atom. The van der Waals surface area contributed by atoms with Gasteiger partial charge in [0.2, 0.25) is 0 Å². The molecule has 0 saturated heterocycles. The third-order valence-electron chi connectivity index (χ3n) is 2.72. The number of anilines is 1. The molecule has 0 aliphatic heterocycles. The van der Waals surface area contributed by atoms with Crippen LogP contribution in [0, 0.1) is 6.92 Å². The van der Waals surface area contributed by atoms with Crippen molar-refractivity contribution in [2.24, 2.45) is 5.73 Å². The van der Waals surface area contributed by atoms with Crippen molar-refractivity contribution >= 4 is 32.9 Å². The Morgan fingerprint density at radius 2 is 1.80 bits per heavy atom. The fourth-order valence-corrected chi connectivity index (χ4v) is 3.00. The summed E-state index contributed by atoms with van der Waals surface area (Å²) in [4.78, 5) is 0.508. The summed E-state index contributed by atoms with van der Waals surface area (Å²) in [5, 5.41) is 0. The van der Waals surface area contributed by atoms with Crippen LogP contribution in [0.4, 0.5) is 5.69 Å². The minimum atomic E-state index is -3.58. The first-order chi connectivity index (χ1) is 9.38. The molecular formula is C14H14N2O2S2. The van der Waals surface area contributed by atoms with Crippen molar-refractivity contribution in [1.82, 2.24) is 0 Å². The van der Waals surface area contributed by atoms with E-state index < -0.39 is 10.0 Å². The van der Waals surface area contributed by atoms with Gasteiger partial charge in [-0.2, -0.15) is 0 Å². The molecule has 2 aromatic carbocycles. The van der Waals surface area contributed by atoms with E-state index in [4.69, 9.17) is 18.0 Å². The van der Waals surface area contributed by atoms with Gasteiger partial charge in [-0.05, 0) is 48.9 Å². The zero-order chi connectivity index (χ0) is 14.8. The van der Waals surface area contributed by atoms with Crippen molar-refractivity contribution in [3.63, 3.8) is 0 Å². The second-order valence-corrected chi connectivity index (χ2v) is 6.49. The van der Waals surface area contributed by atoms with Gasteiger partial charge in [0, 0.05) is 11.3 Å². The number of nitrogens with two attached hydrogens (primary N) is 1. The van der Waals surface area contributed by atoms with E-state index >= 15 is 0 Å². The molecule has 0 aromatic heterocycles. The Kier molecular flexibility index (Phi) is 4.06. The lowest BCUT2D eigenvalue weighted by atomic mass is 10.2. The number of nitrogens with one attached hydrogen (secondary N) is 1. The maximum Gasteiger partial charge on any atom is 0.261 e. The summed E-state index contributed by atoms with van der Waals surface area (Å²) < 4.78 is 26.9. The number of sulfonamides is 1. The van der Waals surface area contributed by atoms with Gasteiger partial charge in [0.05, 0.1) is 4.90 Å². The molecule has 0 amide bonds. The van der Waals surface area contributed by atoms with Gasteiger partial charge >= 0.3 is 0 Å². The van der Waals surface area contributed by atoms with Gasteiger partial charge in [0.15, 0.2) is 0 Å². The Bertz CT molecular complexity index is 738. The third kappa shape index (κ3) is 3.34. The molecule has 2 rings (SSSR count). The standard InChI is InChI=1S/C14H14N2O2S2/c1-10-3-2-4-13(9-10)20(17,18)16-12-7-5-11(6-8-12)14(15)19/h2-9,16H,1H3,(H2,15,19). The Labute approximate surface area is 123 Å². The molecule has 4 nitrogen and oxygen atoms in total. The van der Waals surface area contributed by atoms with Gasteiger partial charge in [-0.3, -0.25) is 4.72 Å². The first-order valence-corrected chi connectivity index (χ1v) is 7.77. The predicted molar refractivity (Wildman–Crippen MR) is 84.3 cm³/mol. The van der Waals surface area contributed by atoms with Gasteiger partial charge < -0.3 is 5.73 Å². The number of rotatable bonds is 4. The Morgan fingerprint density at radius 1 is 1.15 bits per heavy atom. The maximum absolute atomic E-state index is 12.2. The fraction of sp³-hybridized carbons (Fsp3) is 0.0714. The van der Waals surface area contributed by atoms with Crippen molar-refractivity contribution in [1.29, 1.82) is 0 Å². The van der Waals surface area contributed by atoms with Crippen molar-refractivity contribution in [2.75, 3.05) is 4.72 Å². The van der Waals surface area contributed by atoms with E-state index in [0.29, 0.717) is 11.3 Å². The van der Waals surface area contributed by atoms with Crippen molar-refractivity contribution in [3.05, 3.63) is 59.7 Å². The molecule has 104 valence electrons. The second-order valence-electron chi connectivity index (χ2n) is 4.36. The van der Waals surface area contributed by atoms with Crippen LogP contribution in [0.15, 0.2) is 53.4 Å². The summed E-state index contributed by atoms with van der Waals surface area (Å²) in [6, 6.07) is 13.3. The monoisotopic (exact) mass is 306 g/mol. The quantitative estimate of drug-likeness (QED) is 0.851. The molecule has 6 heteroatoms. The molecule has 2 aromatic rings. The van der Waals surface area contributed by atoms with Crippen LogP contribution in [0.3, 0.4) is 0 Å². The molecular weight excluding hydrogens is 292 g/mol. The van der Waals surface area contributed by atoms with Gasteiger partial charge in [-0.1, -0.05) is 24.4 Å². The normalized spacial score (nSPS) is 11.1. The third-order valence-corrected chi connectivity index (χ3v) is 4.34. The highest BCUT2D eigenvalue weighted by Gasteiger charge is 2.14. The molecule has 0 spiro atoms. The van der Waals surface area contributed by atoms with Crippen LogP contribution in [0.5, 0.6) is 0 Å². The SMILES string of the molecule is Cc1cccc(S(=O)(=O)Nc2ccc(C(N)=S)cc2)c1. The van der Waals surface area contributed by atoms with Crippen LogP contribution in [-0.2, 0) is 10.0 Å². The predicted octanol–water partition coefficient (Wildman–Crippen LogP) is 2.43. The van der Waals surface area contributed by atoms with E-state index in [1.165, 1.54) is 0 Å². The molecule has 0 saturated carbocycles. The van der Waals surface area contributed by atoms with Crippen LogP contribution >= 0.6 is 12.2 Å². The summed E-state index contributed by atoms with van der Waals surface area (Å²) in [6.45, 7) is 1.84. The van der Waals surface area contributed by atoms with Crippen molar-refractivity contribution in [3.8, 4) is 0 Å². The van der Waals surface area contributed by atoms with E-state index in [2.05, 4.69) is 4.72 Å². The highest BCUT2D eigenvalue weighted by atomic mass is 32.2. The summed E-state index contributed by atoms with van der Waals surface area (Å²) >= 11 is 4.85. The molecule has 0 atom stereocenters. The van der Waals surface area contributed by atoms with E-state index in [1.807, 2.05) is 13.0 Å². The first kappa shape index (κ1) is 14.5. The summed E-state index contributed by atoms with van der Waals surface area (Å²) in [5.41, 5.74) is 7.53. The van der Waals surface area contributed by atoms with Gasteiger partial charge in [-0.15, -0.1) is 0 Å². The Balaban J connectivity index is 2.26.